The highest BCUT2D eigenvalue weighted by Crippen LogP contribution is 2.33. The molecule has 0 aromatic heterocycles. The van der Waals surface area contributed by atoms with E-state index >= 15 is 0 Å². The molecule has 0 atom stereocenters. The Morgan fingerprint density at radius 3 is 2.62 bits per heavy atom. The van der Waals surface area contributed by atoms with Gasteiger partial charge in [-0.15, -0.1) is 0 Å². The van der Waals surface area contributed by atoms with Crippen molar-refractivity contribution in [2.75, 3.05) is 5.33 Å². The van der Waals surface area contributed by atoms with Crippen LogP contribution < -0.4 is 5.32 Å². The molecule has 1 aliphatic rings. The molecule has 1 aromatic rings. The molecule has 2 rings (SSSR count). The topological polar surface area (TPSA) is 29.1 Å². The van der Waals surface area contributed by atoms with Gasteiger partial charge in [0.25, 0.3) is 5.91 Å². The average molecular weight is 282 g/mol. The summed E-state index contributed by atoms with van der Waals surface area (Å²) < 4.78 is 0. The normalized spacial score (nSPS) is 17.6. The molecule has 2 nitrogen and oxygen atoms in total. The third-order valence-electron chi connectivity index (χ3n) is 3.33. The highest BCUT2D eigenvalue weighted by molar-refractivity contribution is 9.09. The van der Waals surface area contributed by atoms with Gasteiger partial charge in [-0.3, -0.25) is 4.79 Å². The Labute approximate surface area is 105 Å². The molecule has 1 fully saturated rings. The minimum atomic E-state index is -0.000630. The van der Waals surface area contributed by atoms with Crippen LogP contribution in [0.2, 0.25) is 0 Å². The van der Waals surface area contributed by atoms with Crippen LogP contribution in [-0.4, -0.2) is 16.8 Å². The molecule has 0 saturated heterocycles. The van der Waals surface area contributed by atoms with Gasteiger partial charge in [-0.25, -0.2) is 0 Å². The standard InChI is InChI=1S/C13H16BrNO/c1-10-5-2-3-6-11(10)12(16)15-13(9-14)7-4-8-13/h2-3,5-6H,4,7-9H2,1H3,(H,15,16). The lowest BCUT2D eigenvalue weighted by molar-refractivity contribution is 0.0856. The highest BCUT2D eigenvalue weighted by atomic mass is 79.9. The van der Waals surface area contributed by atoms with E-state index in [1.165, 1.54) is 6.42 Å². The third kappa shape index (κ3) is 2.14. The molecule has 0 aliphatic heterocycles. The van der Waals surface area contributed by atoms with Crippen molar-refractivity contribution in [3.05, 3.63) is 35.4 Å². The van der Waals surface area contributed by atoms with E-state index < -0.39 is 0 Å². The second kappa shape index (κ2) is 4.58. The van der Waals surface area contributed by atoms with Crippen LogP contribution >= 0.6 is 15.9 Å². The van der Waals surface area contributed by atoms with Crippen LogP contribution in [0.3, 0.4) is 0 Å². The van der Waals surface area contributed by atoms with Gasteiger partial charge in [0.15, 0.2) is 0 Å². The SMILES string of the molecule is Cc1ccccc1C(=O)NC1(CBr)CCC1. The number of rotatable bonds is 3. The largest absolute Gasteiger partial charge is 0.346 e. The summed E-state index contributed by atoms with van der Waals surface area (Å²) in [5, 5.41) is 4.00. The van der Waals surface area contributed by atoms with Crippen LogP contribution in [0.25, 0.3) is 0 Å². The summed E-state index contributed by atoms with van der Waals surface area (Å²) in [4.78, 5) is 12.1. The Morgan fingerprint density at radius 2 is 2.12 bits per heavy atom. The molecule has 0 unspecified atom stereocenters. The average Bonchev–Trinajstić information content (AvgIpc) is 2.24. The first-order chi connectivity index (χ1) is 7.67. The fraction of sp³-hybridized carbons (Fsp3) is 0.462. The first kappa shape index (κ1) is 11.6. The number of halogens is 1. The summed E-state index contributed by atoms with van der Waals surface area (Å²) in [7, 11) is 0. The lowest BCUT2D eigenvalue weighted by Gasteiger charge is -2.41. The zero-order valence-corrected chi connectivity index (χ0v) is 11.0. The maximum atomic E-state index is 12.1. The lowest BCUT2D eigenvalue weighted by Crippen LogP contribution is -2.54. The van der Waals surface area contributed by atoms with Crippen LogP contribution in [0.15, 0.2) is 24.3 Å². The first-order valence-electron chi connectivity index (χ1n) is 5.61. The first-order valence-corrected chi connectivity index (χ1v) is 6.73. The summed E-state index contributed by atoms with van der Waals surface area (Å²) in [6.07, 6.45) is 3.37. The predicted octanol–water partition coefficient (Wildman–Crippen LogP) is 3.04. The van der Waals surface area contributed by atoms with Gasteiger partial charge in [0.2, 0.25) is 0 Å². The van der Waals surface area contributed by atoms with E-state index in [9.17, 15) is 4.79 Å². The van der Waals surface area contributed by atoms with Crippen LogP contribution in [0.1, 0.15) is 35.2 Å². The Hall–Kier alpha value is -0.830. The maximum Gasteiger partial charge on any atom is 0.252 e. The molecule has 86 valence electrons. The van der Waals surface area contributed by atoms with E-state index in [1.54, 1.807) is 0 Å². The number of amides is 1. The molecule has 3 heteroatoms. The van der Waals surface area contributed by atoms with Crippen molar-refractivity contribution in [3.63, 3.8) is 0 Å². The molecule has 1 amide bonds. The zero-order valence-electron chi connectivity index (χ0n) is 9.42. The summed E-state index contributed by atoms with van der Waals surface area (Å²) in [5.41, 5.74) is 1.82. The molecule has 1 aliphatic carbocycles. The molecule has 16 heavy (non-hydrogen) atoms. The van der Waals surface area contributed by atoms with Crippen LogP contribution in [-0.2, 0) is 0 Å². The second-order valence-electron chi connectivity index (χ2n) is 4.54. The van der Waals surface area contributed by atoms with Crippen molar-refractivity contribution in [2.45, 2.75) is 31.7 Å². The molecular weight excluding hydrogens is 266 g/mol. The third-order valence-corrected chi connectivity index (χ3v) is 4.41. The smallest absolute Gasteiger partial charge is 0.252 e. The van der Waals surface area contributed by atoms with Gasteiger partial charge in [-0.1, -0.05) is 34.1 Å². The lowest BCUT2D eigenvalue weighted by atomic mass is 9.78. The van der Waals surface area contributed by atoms with E-state index in [2.05, 4.69) is 21.2 Å². The monoisotopic (exact) mass is 281 g/mol. The molecule has 1 saturated carbocycles. The number of benzene rings is 1. The number of carbonyl (C=O) groups excluding carboxylic acids is 1. The summed E-state index contributed by atoms with van der Waals surface area (Å²) in [6, 6.07) is 7.71. The number of hydrogen-bond donors (Lipinski definition) is 1. The molecule has 0 heterocycles. The number of hydrogen-bond acceptors (Lipinski definition) is 1. The number of alkyl halides is 1. The van der Waals surface area contributed by atoms with Gasteiger partial charge >= 0.3 is 0 Å². The van der Waals surface area contributed by atoms with E-state index in [1.807, 2.05) is 31.2 Å². The second-order valence-corrected chi connectivity index (χ2v) is 5.10. The molecule has 0 spiro atoms. The molecule has 0 bridgehead atoms. The summed E-state index contributed by atoms with van der Waals surface area (Å²) in [6.45, 7) is 1.97. The molecule has 0 radical (unpaired) electrons. The summed E-state index contributed by atoms with van der Waals surface area (Å²) >= 11 is 3.49. The van der Waals surface area contributed by atoms with E-state index in [0.717, 1.165) is 29.3 Å². The Bertz CT molecular complexity index is 393. The van der Waals surface area contributed by atoms with Crippen molar-refractivity contribution < 1.29 is 4.79 Å². The zero-order chi connectivity index (χ0) is 11.6. The molecule has 1 N–H and O–H groups in total. The van der Waals surface area contributed by atoms with Crippen LogP contribution in [0.4, 0.5) is 0 Å². The molecular formula is C13H16BrNO. The van der Waals surface area contributed by atoms with Gasteiger partial charge in [-0.2, -0.15) is 0 Å². The Morgan fingerprint density at radius 1 is 1.44 bits per heavy atom. The van der Waals surface area contributed by atoms with Gasteiger partial charge in [-0.05, 0) is 37.8 Å². The minimum absolute atomic E-state index is 0.000630. The van der Waals surface area contributed by atoms with Crippen molar-refractivity contribution >= 4 is 21.8 Å². The van der Waals surface area contributed by atoms with E-state index in [-0.39, 0.29) is 11.4 Å². The van der Waals surface area contributed by atoms with Crippen molar-refractivity contribution in [1.82, 2.24) is 5.32 Å². The van der Waals surface area contributed by atoms with Crippen molar-refractivity contribution in [2.24, 2.45) is 0 Å². The molecule has 1 aromatic carbocycles. The van der Waals surface area contributed by atoms with Crippen LogP contribution in [0.5, 0.6) is 0 Å². The van der Waals surface area contributed by atoms with Crippen molar-refractivity contribution in [1.29, 1.82) is 0 Å². The maximum absolute atomic E-state index is 12.1. The summed E-state index contributed by atoms with van der Waals surface area (Å²) in [5.74, 6) is 0.0530. The number of carbonyl (C=O) groups is 1. The number of nitrogens with one attached hydrogen (secondary N) is 1. The van der Waals surface area contributed by atoms with Gasteiger partial charge < -0.3 is 5.32 Å². The fourth-order valence-electron chi connectivity index (χ4n) is 2.03. The minimum Gasteiger partial charge on any atom is -0.346 e. The number of aryl methyl sites for hydroxylation is 1. The van der Waals surface area contributed by atoms with Gasteiger partial charge in [0, 0.05) is 10.9 Å². The fourth-order valence-corrected chi connectivity index (χ4v) is 2.73. The van der Waals surface area contributed by atoms with Gasteiger partial charge in [0.05, 0.1) is 5.54 Å². The predicted molar refractivity (Wildman–Crippen MR) is 69.0 cm³/mol. The highest BCUT2D eigenvalue weighted by Gasteiger charge is 2.37. The van der Waals surface area contributed by atoms with E-state index in [0.29, 0.717) is 0 Å². The van der Waals surface area contributed by atoms with Crippen LogP contribution in [0, 0.1) is 6.92 Å². The van der Waals surface area contributed by atoms with Gasteiger partial charge in [0.1, 0.15) is 0 Å². The quantitative estimate of drug-likeness (QED) is 0.848. The van der Waals surface area contributed by atoms with E-state index in [4.69, 9.17) is 0 Å². The Kier molecular flexibility index (Phi) is 3.33. The Balaban J connectivity index is 2.11. The van der Waals surface area contributed by atoms with Crippen molar-refractivity contribution in [3.8, 4) is 0 Å².